The van der Waals surface area contributed by atoms with Gasteiger partial charge in [-0.25, -0.2) is 9.97 Å². The molecule has 0 unspecified atom stereocenters. The van der Waals surface area contributed by atoms with Crippen LogP contribution in [0.25, 0.3) is 11.4 Å². The third-order valence-corrected chi connectivity index (χ3v) is 4.04. The van der Waals surface area contributed by atoms with Crippen molar-refractivity contribution in [3.8, 4) is 11.4 Å². The molecule has 0 aliphatic rings. The minimum Gasteiger partial charge on any atom is -0.369 e. The quantitative estimate of drug-likeness (QED) is 0.861. The first-order valence-corrected chi connectivity index (χ1v) is 8.17. The first-order valence-electron chi connectivity index (χ1n) is 7.37. The molecule has 2 aromatic rings. The van der Waals surface area contributed by atoms with E-state index in [9.17, 15) is 0 Å². The second kappa shape index (κ2) is 7.02. The van der Waals surface area contributed by atoms with Gasteiger partial charge in [-0.3, -0.25) is 4.68 Å². The highest BCUT2D eigenvalue weighted by Gasteiger charge is 2.15. The summed E-state index contributed by atoms with van der Waals surface area (Å²) in [6.45, 7) is 7.18. The highest BCUT2D eigenvalue weighted by atomic mass is 79.9. The van der Waals surface area contributed by atoms with Crippen LogP contribution in [0.5, 0.6) is 0 Å². The molecule has 21 heavy (non-hydrogen) atoms. The van der Waals surface area contributed by atoms with Gasteiger partial charge in [-0.05, 0) is 35.7 Å². The lowest BCUT2D eigenvalue weighted by molar-refractivity contribution is 0.756. The fourth-order valence-corrected chi connectivity index (χ4v) is 2.71. The first-order chi connectivity index (χ1) is 10.1. The molecule has 0 fully saturated rings. The van der Waals surface area contributed by atoms with Crippen molar-refractivity contribution >= 4 is 21.7 Å². The molecule has 2 aromatic heterocycles. The van der Waals surface area contributed by atoms with Crippen LogP contribution in [-0.2, 0) is 13.5 Å². The van der Waals surface area contributed by atoms with Gasteiger partial charge in [0.2, 0.25) is 0 Å². The Morgan fingerprint density at radius 2 is 2.00 bits per heavy atom. The highest BCUT2D eigenvalue weighted by molar-refractivity contribution is 9.10. The van der Waals surface area contributed by atoms with Crippen molar-refractivity contribution in [2.45, 2.75) is 40.0 Å². The molecule has 0 spiro atoms. The molecule has 114 valence electrons. The van der Waals surface area contributed by atoms with Crippen molar-refractivity contribution in [1.29, 1.82) is 0 Å². The number of hydrogen-bond acceptors (Lipinski definition) is 4. The Hall–Kier alpha value is -1.43. The van der Waals surface area contributed by atoms with Gasteiger partial charge in [-0.1, -0.05) is 20.3 Å². The standard InChI is InChI=1S/C15H22BrN5/c1-5-7-12-13(16)15(17-8-6-2)19-14(18-12)11-9-21(4)20-10(11)3/h9H,5-8H2,1-4H3,(H,17,18,19). The van der Waals surface area contributed by atoms with Crippen LogP contribution in [0.1, 0.15) is 38.1 Å². The molecule has 0 saturated carbocycles. The summed E-state index contributed by atoms with van der Waals surface area (Å²) in [6, 6.07) is 0. The Balaban J connectivity index is 2.50. The second-order valence-electron chi connectivity index (χ2n) is 5.14. The number of hydrogen-bond donors (Lipinski definition) is 1. The fraction of sp³-hybridized carbons (Fsp3) is 0.533. The molecular formula is C15H22BrN5. The lowest BCUT2D eigenvalue weighted by Crippen LogP contribution is -2.07. The number of halogens is 1. The Bertz CT molecular complexity index is 621. The van der Waals surface area contributed by atoms with Crippen LogP contribution in [-0.4, -0.2) is 26.3 Å². The van der Waals surface area contributed by atoms with Crippen LogP contribution >= 0.6 is 15.9 Å². The number of aromatic nitrogens is 4. The maximum absolute atomic E-state index is 4.72. The van der Waals surface area contributed by atoms with Gasteiger partial charge >= 0.3 is 0 Å². The van der Waals surface area contributed by atoms with E-state index < -0.39 is 0 Å². The van der Waals surface area contributed by atoms with Gasteiger partial charge in [0.1, 0.15) is 5.82 Å². The lowest BCUT2D eigenvalue weighted by Gasteiger charge is -2.12. The maximum Gasteiger partial charge on any atom is 0.165 e. The molecule has 0 saturated heterocycles. The summed E-state index contributed by atoms with van der Waals surface area (Å²) < 4.78 is 2.78. The van der Waals surface area contributed by atoms with Crippen LogP contribution in [0.15, 0.2) is 10.7 Å². The smallest absolute Gasteiger partial charge is 0.165 e. The van der Waals surface area contributed by atoms with Crippen molar-refractivity contribution in [3.05, 3.63) is 22.1 Å². The zero-order chi connectivity index (χ0) is 15.4. The predicted molar refractivity (Wildman–Crippen MR) is 89.4 cm³/mol. The molecule has 0 aliphatic carbocycles. The van der Waals surface area contributed by atoms with Gasteiger partial charge in [-0.2, -0.15) is 5.10 Å². The molecule has 0 radical (unpaired) electrons. The van der Waals surface area contributed by atoms with E-state index in [-0.39, 0.29) is 0 Å². The third-order valence-electron chi connectivity index (χ3n) is 3.20. The number of nitrogens with one attached hydrogen (secondary N) is 1. The summed E-state index contributed by atoms with van der Waals surface area (Å²) in [4.78, 5) is 9.40. The van der Waals surface area contributed by atoms with Gasteiger partial charge < -0.3 is 5.32 Å². The Kier molecular flexibility index (Phi) is 5.33. The van der Waals surface area contributed by atoms with E-state index in [1.54, 1.807) is 4.68 Å². The predicted octanol–water partition coefficient (Wildman–Crippen LogP) is 3.72. The molecule has 0 bridgehead atoms. The zero-order valence-corrected chi connectivity index (χ0v) is 14.7. The largest absolute Gasteiger partial charge is 0.369 e. The van der Waals surface area contributed by atoms with Gasteiger partial charge in [0.25, 0.3) is 0 Å². The lowest BCUT2D eigenvalue weighted by atomic mass is 10.2. The second-order valence-corrected chi connectivity index (χ2v) is 5.93. The molecule has 0 atom stereocenters. The summed E-state index contributed by atoms with van der Waals surface area (Å²) in [5, 5.41) is 7.75. The minimum absolute atomic E-state index is 0.742. The van der Waals surface area contributed by atoms with Crippen LogP contribution < -0.4 is 5.32 Å². The molecular weight excluding hydrogens is 330 g/mol. The van der Waals surface area contributed by atoms with E-state index in [1.165, 1.54) is 0 Å². The number of aryl methyl sites for hydroxylation is 3. The van der Waals surface area contributed by atoms with E-state index in [4.69, 9.17) is 4.98 Å². The van der Waals surface area contributed by atoms with Gasteiger partial charge in [-0.15, -0.1) is 0 Å². The van der Waals surface area contributed by atoms with Crippen molar-refractivity contribution in [3.63, 3.8) is 0 Å². The van der Waals surface area contributed by atoms with E-state index >= 15 is 0 Å². The average molecular weight is 352 g/mol. The Morgan fingerprint density at radius 3 is 2.57 bits per heavy atom. The maximum atomic E-state index is 4.72. The van der Waals surface area contributed by atoms with Gasteiger partial charge in [0.15, 0.2) is 5.82 Å². The summed E-state index contributed by atoms with van der Waals surface area (Å²) in [5.41, 5.74) is 2.98. The van der Waals surface area contributed by atoms with E-state index in [0.717, 1.165) is 58.9 Å². The molecule has 2 heterocycles. The molecule has 0 amide bonds. The van der Waals surface area contributed by atoms with E-state index in [1.807, 2.05) is 20.2 Å². The normalized spacial score (nSPS) is 10.9. The molecule has 2 rings (SSSR count). The monoisotopic (exact) mass is 351 g/mol. The highest BCUT2D eigenvalue weighted by Crippen LogP contribution is 2.29. The third kappa shape index (κ3) is 3.61. The average Bonchev–Trinajstić information content (AvgIpc) is 2.79. The fourth-order valence-electron chi connectivity index (χ4n) is 2.20. The summed E-state index contributed by atoms with van der Waals surface area (Å²) in [7, 11) is 1.92. The molecule has 6 heteroatoms. The topological polar surface area (TPSA) is 55.6 Å². The first kappa shape index (κ1) is 15.9. The van der Waals surface area contributed by atoms with Gasteiger partial charge in [0.05, 0.1) is 21.4 Å². The SMILES string of the molecule is CCCNc1nc(-c2cn(C)nc2C)nc(CCC)c1Br. The molecule has 5 nitrogen and oxygen atoms in total. The molecule has 1 N–H and O–H groups in total. The number of rotatable bonds is 6. The van der Waals surface area contributed by atoms with Crippen LogP contribution in [0.3, 0.4) is 0 Å². The van der Waals surface area contributed by atoms with E-state index in [0.29, 0.717) is 0 Å². The summed E-state index contributed by atoms with van der Waals surface area (Å²) >= 11 is 3.63. The summed E-state index contributed by atoms with van der Waals surface area (Å²) in [6.07, 6.45) is 5.00. The van der Waals surface area contributed by atoms with Gasteiger partial charge in [0, 0.05) is 19.8 Å². The Morgan fingerprint density at radius 1 is 1.24 bits per heavy atom. The molecule has 0 aromatic carbocycles. The number of nitrogens with zero attached hydrogens (tertiary/aromatic N) is 4. The Labute approximate surface area is 134 Å². The molecule has 0 aliphatic heterocycles. The van der Waals surface area contributed by atoms with Crippen LogP contribution in [0.2, 0.25) is 0 Å². The van der Waals surface area contributed by atoms with Crippen molar-refractivity contribution in [2.75, 3.05) is 11.9 Å². The van der Waals surface area contributed by atoms with Crippen molar-refractivity contribution < 1.29 is 0 Å². The van der Waals surface area contributed by atoms with Crippen molar-refractivity contribution in [1.82, 2.24) is 19.7 Å². The minimum atomic E-state index is 0.742. The number of anilines is 1. The van der Waals surface area contributed by atoms with E-state index in [2.05, 4.69) is 45.2 Å². The van der Waals surface area contributed by atoms with Crippen LogP contribution in [0.4, 0.5) is 5.82 Å². The van der Waals surface area contributed by atoms with Crippen molar-refractivity contribution in [2.24, 2.45) is 7.05 Å². The summed E-state index contributed by atoms with van der Waals surface area (Å²) in [5.74, 6) is 1.61. The zero-order valence-electron chi connectivity index (χ0n) is 13.1. The van der Waals surface area contributed by atoms with Crippen LogP contribution in [0, 0.1) is 6.92 Å².